The molecule has 0 aromatic heterocycles. The minimum Gasteiger partial charge on any atom is -0.497 e. The number of ether oxygens (including phenoxy) is 1. The van der Waals surface area contributed by atoms with Crippen molar-refractivity contribution in [2.45, 2.75) is 12.8 Å². The Morgan fingerprint density at radius 3 is 2.47 bits per heavy atom. The molecule has 1 aromatic carbocycles. The molecule has 0 amide bonds. The summed E-state index contributed by atoms with van der Waals surface area (Å²) in [4.78, 5) is 0. The Morgan fingerprint density at radius 2 is 2.00 bits per heavy atom. The number of rotatable bonds is 5. The average Bonchev–Trinajstić information content (AvgIpc) is 3.08. The van der Waals surface area contributed by atoms with E-state index in [0.717, 1.165) is 30.8 Å². The predicted molar refractivity (Wildman–Crippen MR) is 60.2 cm³/mol. The van der Waals surface area contributed by atoms with Gasteiger partial charge in [-0.15, -0.1) is 0 Å². The summed E-state index contributed by atoms with van der Waals surface area (Å²) in [6.45, 7) is 1.14. The largest absolute Gasteiger partial charge is 0.497 e. The zero-order valence-electron chi connectivity index (χ0n) is 8.99. The highest BCUT2D eigenvalue weighted by Gasteiger charge is 2.41. The fourth-order valence-corrected chi connectivity index (χ4v) is 1.57. The Balaban J connectivity index is 1.88. The zero-order chi connectivity index (χ0) is 10.7. The second kappa shape index (κ2) is 4.11. The summed E-state index contributed by atoms with van der Waals surface area (Å²) in [5, 5.41) is 12.5. The number of hydrogen-bond donors (Lipinski definition) is 2. The van der Waals surface area contributed by atoms with Crippen molar-refractivity contribution in [3.8, 4) is 5.75 Å². The maximum atomic E-state index is 9.16. The molecule has 0 atom stereocenters. The fourth-order valence-electron chi connectivity index (χ4n) is 1.57. The monoisotopic (exact) mass is 207 g/mol. The summed E-state index contributed by atoms with van der Waals surface area (Å²) in [5.41, 5.74) is 1.23. The van der Waals surface area contributed by atoms with Gasteiger partial charge in [-0.1, -0.05) is 0 Å². The predicted octanol–water partition coefficient (Wildman–Crippen LogP) is 1.88. The zero-order valence-corrected chi connectivity index (χ0v) is 8.99. The summed E-state index contributed by atoms with van der Waals surface area (Å²) in [5.74, 6) is 0.865. The minimum absolute atomic E-state index is 0.153. The molecule has 0 unspecified atom stereocenters. The van der Waals surface area contributed by atoms with Crippen molar-refractivity contribution in [1.82, 2.24) is 0 Å². The number of benzene rings is 1. The summed E-state index contributed by atoms with van der Waals surface area (Å²) in [6, 6.07) is 7.85. The first-order chi connectivity index (χ1) is 7.28. The number of aliphatic hydroxyl groups is 1. The molecular weight excluding hydrogens is 190 g/mol. The van der Waals surface area contributed by atoms with E-state index in [1.54, 1.807) is 7.11 Å². The molecule has 0 radical (unpaired) electrons. The molecule has 2 N–H and O–H groups in total. The summed E-state index contributed by atoms with van der Waals surface area (Å²) < 4.78 is 5.08. The Kier molecular flexibility index (Phi) is 2.82. The third kappa shape index (κ3) is 2.42. The van der Waals surface area contributed by atoms with Gasteiger partial charge in [-0.25, -0.2) is 0 Å². The van der Waals surface area contributed by atoms with E-state index in [9.17, 15) is 0 Å². The molecule has 1 aliphatic carbocycles. The number of methoxy groups -OCH3 is 1. The molecule has 1 saturated carbocycles. The Hall–Kier alpha value is -1.22. The fraction of sp³-hybridized carbons (Fsp3) is 0.500. The van der Waals surface area contributed by atoms with Gasteiger partial charge in [0.2, 0.25) is 0 Å². The van der Waals surface area contributed by atoms with Crippen LogP contribution in [0.15, 0.2) is 24.3 Å². The highest BCUT2D eigenvalue weighted by molar-refractivity contribution is 5.46. The highest BCUT2D eigenvalue weighted by atomic mass is 16.5. The second-order valence-corrected chi connectivity index (χ2v) is 4.24. The number of anilines is 1. The summed E-state index contributed by atoms with van der Waals surface area (Å²) in [6.07, 6.45) is 2.26. The van der Waals surface area contributed by atoms with Crippen LogP contribution in [0.2, 0.25) is 0 Å². The Morgan fingerprint density at radius 1 is 1.33 bits per heavy atom. The van der Waals surface area contributed by atoms with Gasteiger partial charge in [-0.3, -0.25) is 0 Å². The van der Waals surface area contributed by atoms with Gasteiger partial charge < -0.3 is 15.2 Å². The molecule has 1 aliphatic rings. The smallest absolute Gasteiger partial charge is 0.119 e. The molecule has 3 heteroatoms. The second-order valence-electron chi connectivity index (χ2n) is 4.24. The van der Waals surface area contributed by atoms with Crippen LogP contribution in [0.3, 0.4) is 0 Å². The van der Waals surface area contributed by atoms with Gasteiger partial charge in [-0.05, 0) is 37.1 Å². The molecule has 2 rings (SSSR count). The SMILES string of the molecule is COc1ccc(NCC2(CO)CC2)cc1. The van der Waals surface area contributed by atoms with E-state index >= 15 is 0 Å². The minimum atomic E-state index is 0.153. The Bertz CT molecular complexity index is 317. The highest BCUT2D eigenvalue weighted by Crippen LogP contribution is 2.44. The molecule has 0 aliphatic heterocycles. The van der Waals surface area contributed by atoms with Crippen LogP contribution in [-0.4, -0.2) is 25.4 Å². The van der Waals surface area contributed by atoms with E-state index in [0.29, 0.717) is 0 Å². The van der Waals surface area contributed by atoms with E-state index in [-0.39, 0.29) is 12.0 Å². The lowest BCUT2D eigenvalue weighted by Gasteiger charge is -2.13. The molecule has 82 valence electrons. The van der Waals surface area contributed by atoms with Crippen LogP contribution in [0.5, 0.6) is 5.75 Å². The van der Waals surface area contributed by atoms with E-state index < -0.39 is 0 Å². The van der Waals surface area contributed by atoms with Crippen LogP contribution < -0.4 is 10.1 Å². The van der Waals surface area contributed by atoms with Crippen molar-refractivity contribution >= 4 is 5.69 Å². The lowest BCUT2D eigenvalue weighted by molar-refractivity contribution is 0.220. The van der Waals surface area contributed by atoms with Crippen molar-refractivity contribution < 1.29 is 9.84 Å². The van der Waals surface area contributed by atoms with Gasteiger partial charge in [0.05, 0.1) is 13.7 Å². The molecule has 15 heavy (non-hydrogen) atoms. The van der Waals surface area contributed by atoms with E-state index in [4.69, 9.17) is 9.84 Å². The average molecular weight is 207 g/mol. The first-order valence-electron chi connectivity index (χ1n) is 5.27. The standard InChI is InChI=1S/C12H17NO2/c1-15-11-4-2-10(3-5-11)13-8-12(9-14)6-7-12/h2-5,13-14H,6-9H2,1H3. The van der Waals surface area contributed by atoms with E-state index in [2.05, 4.69) is 5.32 Å². The lowest BCUT2D eigenvalue weighted by atomic mass is 10.1. The Labute approximate surface area is 90.1 Å². The van der Waals surface area contributed by atoms with Crippen molar-refractivity contribution in [3.05, 3.63) is 24.3 Å². The quantitative estimate of drug-likeness (QED) is 0.774. The molecule has 1 aromatic rings. The third-order valence-corrected chi connectivity index (χ3v) is 3.05. The maximum Gasteiger partial charge on any atom is 0.119 e. The van der Waals surface area contributed by atoms with Gasteiger partial charge in [0, 0.05) is 17.6 Å². The maximum absolute atomic E-state index is 9.16. The molecule has 3 nitrogen and oxygen atoms in total. The molecule has 0 saturated heterocycles. The molecule has 1 fully saturated rings. The van der Waals surface area contributed by atoms with Crippen LogP contribution in [0.1, 0.15) is 12.8 Å². The number of hydrogen-bond acceptors (Lipinski definition) is 3. The van der Waals surface area contributed by atoms with Crippen molar-refractivity contribution in [3.63, 3.8) is 0 Å². The lowest BCUT2D eigenvalue weighted by Crippen LogP contribution is -2.18. The molecule has 0 bridgehead atoms. The molecule has 0 spiro atoms. The first-order valence-corrected chi connectivity index (χ1v) is 5.27. The van der Waals surface area contributed by atoms with Crippen LogP contribution in [-0.2, 0) is 0 Å². The molecular formula is C12H17NO2. The van der Waals surface area contributed by atoms with Crippen LogP contribution in [0.25, 0.3) is 0 Å². The molecule has 0 heterocycles. The van der Waals surface area contributed by atoms with Gasteiger partial charge in [0.15, 0.2) is 0 Å². The van der Waals surface area contributed by atoms with E-state index in [1.165, 1.54) is 0 Å². The first kappa shape index (κ1) is 10.3. The topological polar surface area (TPSA) is 41.5 Å². The number of aliphatic hydroxyl groups excluding tert-OH is 1. The van der Waals surface area contributed by atoms with Crippen molar-refractivity contribution in [2.24, 2.45) is 5.41 Å². The van der Waals surface area contributed by atoms with Crippen LogP contribution in [0, 0.1) is 5.41 Å². The summed E-state index contributed by atoms with van der Waals surface area (Å²) in [7, 11) is 1.66. The van der Waals surface area contributed by atoms with Crippen molar-refractivity contribution in [2.75, 3.05) is 25.6 Å². The normalized spacial score (nSPS) is 17.2. The van der Waals surface area contributed by atoms with Gasteiger partial charge in [0.25, 0.3) is 0 Å². The van der Waals surface area contributed by atoms with Gasteiger partial charge in [0.1, 0.15) is 5.75 Å². The van der Waals surface area contributed by atoms with Crippen LogP contribution >= 0.6 is 0 Å². The van der Waals surface area contributed by atoms with Crippen molar-refractivity contribution in [1.29, 1.82) is 0 Å². The van der Waals surface area contributed by atoms with Gasteiger partial charge in [-0.2, -0.15) is 0 Å². The third-order valence-electron chi connectivity index (χ3n) is 3.05. The summed E-state index contributed by atoms with van der Waals surface area (Å²) >= 11 is 0. The van der Waals surface area contributed by atoms with Crippen LogP contribution in [0.4, 0.5) is 5.69 Å². The van der Waals surface area contributed by atoms with E-state index in [1.807, 2.05) is 24.3 Å². The number of nitrogens with one attached hydrogen (secondary N) is 1. The van der Waals surface area contributed by atoms with Gasteiger partial charge >= 0.3 is 0 Å².